The standard InChI is InChI=1S/C24H25N2O5P/c1-17-13-18(2)25-22(17)14-21-20-11-7-8-12-23(20)26(24(21)27)16-31-32(28,29-3)30-15-19-9-5-4-6-10-19/h4-14,25H,15-16H2,1-3H3/b21-14-. The van der Waals surface area contributed by atoms with Crippen LogP contribution in [0.25, 0.3) is 11.6 Å². The van der Waals surface area contributed by atoms with Gasteiger partial charge in [0.25, 0.3) is 5.91 Å². The summed E-state index contributed by atoms with van der Waals surface area (Å²) in [5.41, 5.74) is 5.76. The molecule has 2 aromatic carbocycles. The van der Waals surface area contributed by atoms with Gasteiger partial charge in [0.2, 0.25) is 0 Å². The van der Waals surface area contributed by atoms with Gasteiger partial charge >= 0.3 is 7.82 Å². The number of nitrogens with one attached hydrogen (secondary N) is 1. The van der Waals surface area contributed by atoms with Crippen LogP contribution in [0.1, 0.15) is 28.1 Å². The number of anilines is 1. The maximum atomic E-state index is 13.3. The lowest BCUT2D eigenvalue weighted by molar-refractivity contribution is -0.113. The first-order valence-corrected chi connectivity index (χ1v) is 11.6. The Hall–Kier alpha value is -2.96. The Kier molecular flexibility index (Phi) is 6.44. The van der Waals surface area contributed by atoms with Gasteiger partial charge in [-0.05, 0) is 43.2 Å². The van der Waals surface area contributed by atoms with Gasteiger partial charge in [0.15, 0.2) is 0 Å². The molecule has 1 unspecified atom stereocenters. The third kappa shape index (κ3) is 4.61. The highest BCUT2D eigenvalue weighted by molar-refractivity contribution is 7.48. The van der Waals surface area contributed by atoms with E-state index in [4.69, 9.17) is 13.6 Å². The summed E-state index contributed by atoms with van der Waals surface area (Å²) >= 11 is 0. The molecular formula is C24H25N2O5P. The first kappa shape index (κ1) is 22.2. The second-order valence-corrected chi connectivity index (χ2v) is 9.28. The van der Waals surface area contributed by atoms with Crippen molar-refractivity contribution in [2.24, 2.45) is 0 Å². The van der Waals surface area contributed by atoms with Gasteiger partial charge in [-0.15, -0.1) is 0 Å². The zero-order valence-electron chi connectivity index (χ0n) is 18.2. The summed E-state index contributed by atoms with van der Waals surface area (Å²) in [5, 5.41) is 0. The fraction of sp³-hybridized carbons (Fsp3) is 0.208. The predicted octanol–water partition coefficient (Wildman–Crippen LogP) is 5.46. The number of hydrogen-bond acceptors (Lipinski definition) is 5. The number of para-hydroxylation sites is 1. The number of H-pyrrole nitrogens is 1. The number of phosphoric acid groups is 1. The van der Waals surface area contributed by atoms with E-state index in [1.165, 1.54) is 12.0 Å². The number of aryl methyl sites for hydroxylation is 2. The highest BCUT2D eigenvalue weighted by Gasteiger charge is 2.35. The summed E-state index contributed by atoms with van der Waals surface area (Å²) in [5.74, 6) is -0.247. The maximum absolute atomic E-state index is 13.3. The van der Waals surface area contributed by atoms with Crippen molar-refractivity contribution >= 4 is 31.1 Å². The molecule has 2 heterocycles. The van der Waals surface area contributed by atoms with Crippen molar-refractivity contribution < 1.29 is 22.9 Å². The Morgan fingerprint density at radius 1 is 1.03 bits per heavy atom. The average molecular weight is 452 g/mol. The summed E-state index contributed by atoms with van der Waals surface area (Å²) in [6.07, 6.45) is 1.84. The molecule has 1 aliphatic rings. The summed E-state index contributed by atoms with van der Waals surface area (Å²) in [4.78, 5) is 18.0. The number of phosphoric ester groups is 1. The molecule has 1 amide bonds. The lowest BCUT2D eigenvalue weighted by atomic mass is 10.1. The molecular weight excluding hydrogens is 427 g/mol. The van der Waals surface area contributed by atoms with Crippen molar-refractivity contribution in [2.75, 3.05) is 18.7 Å². The smallest absolute Gasteiger partial charge is 0.359 e. The van der Waals surface area contributed by atoms with Crippen LogP contribution in [-0.2, 0) is 29.5 Å². The molecule has 1 aliphatic heterocycles. The van der Waals surface area contributed by atoms with Crippen LogP contribution in [0.15, 0.2) is 60.7 Å². The Morgan fingerprint density at radius 3 is 2.44 bits per heavy atom. The number of nitrogens with zero attached hydrogens (tertiary/aromatic N) is 1. The molecule has 0 fully saturated rings. The van der Waals surface area contributed by atoms with Gasteiger partial charge in [0, 0.05) is 24.1 Å². The summed E-state index contributed by atoms with van der Waals surface area (Å²) in [6.45, 7) is 3.75. The number of benzene rings is 2. The molecule has 0 saturated heterocycles. The molecule has 0 radical (unpaired) electrons. The maximum Gasteiger partial charge on any atom is 0.476 e. The summed E-state index contributed by atoms with van der Waals surface area (Å²) < 4.78 is 28.9. The quantitative estimate of drug-likeness (QED) is 0.362. The van der Waals surface area contributed by atoms with Crippen LogP contribution in [0.2, 0.25) is 0 Å². The second-order valence-electron chi connectivity index (χ2n) is 7.50. The van der Waals surface area contributed by atoms with Crippen LogP contribution in [0.5, 0.6) is 0 Å². The van der Waals surface area contributed by atoms with Gasteiger partial charge in [0.1, 0.15) is 6.73 Å². The Bertz CT molecular complexity index is 1200. The molecule has 3 aromatic rings. The van der Waals surface area contributed by atoms with E-state index < -0.39 is 7.82 Å². The molecule has 166 valence electrons. The molecule has 0 aliphatic carbocycles. The van der Waals surface area contributed by atoms with E-state index in [0.717, 1.165) is 28.1 Å². The van der Waals surface area contributed by atoms with Crippen molar-refractivity contribution in [1.29, 1.82) is 0 Å². The largest absolute Gasteiger partial charge is 0.476 e. The fourth-order valence-electron chi connectivity index (χ4n) is 3.62. The third-order valence-electron chi connectivity index (χ3n) is 5.24. The van der Waals surface area contributed by atoms with E-state index in [-0.39, 0.29) is 19.2 Å². The highest BCUT2D eigenvalue weighted by Crippen LogP contribution is 2.50. The van der Waals surface area contributed by atoms with E-state index in [1.54, 1.807) is 0 Å². The van der Waals surface area contributed by atoms with Gasteiger partial charge in [0.05, 0.1) is 17.9 Å². The number of rotatable bonds is 8. The minimum absolute atomic E-state index is 0.0626. The molecule has 1 atom stereocenters. The van der Waals surface area contributed by atoms with Crippen molar-refractivity contribution in [2.45, 2.75) is 20.5 Å². The van der Waals surface area contributed by atoms with E-state index in [1.807, 2.05) is 80.6 Å². The van der Waals surface area contributed by atoms with Gasteiger partial charge in [-0.2, -0.15) is 0 Å². The van der Waals surface area contributed by atoms with Gasteiger partial charge in [-0.3, -0.25) is 23.3 Å². The molecule has 4 rings (SSSR count). The highest BCUT2D eigenvalue weighted by atomic mass is 31.2. The van der Waals surface area contributed by atoms with Crippen LogP contribution in [0.4, 0.5) is 5.69 Å². The predicted molar refractivity (Wildman–Crippen MR) is 124 cm³/mol. The molecule has 0 bridgehead atoms. The number of hydrogen-bond donors (Lipinski definition) is 1. The Labute approximate surface area is 187 Å². The van der Waals surface area contributed by atoms with E-state index in [2.05, 4.69) is 4.98 Å². The van der Waals surface area contributed by atoms with Crippen molar-refractivity contribution in [3.8, 4) is 0 Å². The number of carbonyl (C=O) groups is 1. The van der Waals surface area contributed by atoms with E-state index in [9.17, 15) is 9.36 Å². The molecule has 8 heteroatoms. The summed E-state index contributed by atoms with van der Waals surface area (Å²) in [6, 6.07) is 18.7. The molecule has 7 nitrogen and oxygen atoms in total. The van der Waals surface area contributed by atoms with Crippen LogP contribution in [0, 0.1) is 13.8 Å². The molecule has 1 N–H and O–H groups in total. The van der Waals surface area contributed by atoms with Crippen LogP contribution >= 0.6 is 7.82 Å². The van der Waals surface area contributed by atoms with Crippen LogP contribution < -0.4 is 4.90 Å². The first-order chi connectivity index (χ1) is 15.4. The minimum atomic E-state index is -3.87. The first-order valence-electron chi connectivity index (χ1n) is 10.2. The third-order valence-corrected chi connectivity index (χ3v) is 6.56. The SMILES string of the molecule is COP(=O)(OCc1ccccc1)OCN1C(=O)/C(=C\c2[nH]c(C)cc2C)c2ccccc21. The van der Waals surface area contributed by atoms with Crippen LogP contribution in [0.3, 0.4) is 0 Å². The van der Waals surface area contributed by atoms with Crippen molar-refractivity contribution in [1.82, 2.24) is 4.98 Å². The lowest BCUT2D eigenvalue weighted by Gasteiger charge is -2.21. The molecule has 0 spiro atoms. The van der Waals surface area contributed by atoms with Gasteiger partial charge in [-0.1, -0.05) is 48.5 Å². The number of aromatic nitrogens is 1. The zero-order valence-corrected chi connectivity index (χ0v) is 19.1. The molecule has 0 saturated carbocycles. The average Bonchev–Trinajstić information content (AvgIpc) is 3.27. The number of fused-ring (bicyclic) bond motifs is 1. The lowest BCUT2D eigenvalue weighted by Crippen LogP contribution is -2.28. The van der Waals surface area contributed by atoms with Gasteiger partial charge < -0.3 is 4.98 Å². The fourth-order valence-corrected chi connectivity index (χ4v) is 4.47. The van der Waals surface area contributed by atoms with E-state index in [0.29, 0.717) is 11.3 Å². The van der Waals surface area contributed by atoms with Crippen LogP contribution in [-0.4, -0.2) is 24.7 Å². The number of amides is 1. The number of carbonyl (C=O) groups excluding carboxylic acids is 1. The monoisotopic (exact) mass is 452 g/mol. The topological polar surface area (TPSA) is 80.9 Å². The molecule has 1 aromatic heterocycles. The van der Waals surface area contributed by atoms with Crippen molar-refractivity contribution in [3.63, 3.8) is 0 Å². The molecule has 32 heavy (non-hydrogen) atoms. The Balaban J connectivity index is 1.54. The van der Waals surface area contributed by atoms with Crippen molar-refractivity contribution in [3.05, 3.63) is 88.7 Å². The number of aromatic amines is 1. The second kappa shape index (κ2) is 9.27. The summed E-state index contributed by atoms with van der Waals surface area (Å²) in [7, 11) is -2.61. The Morgan fingerprint density at radius 2 is 1.75 bits per heavy atom. The normalized spacial score (nSPS) is 16.4. The van der Waals surface area contributed by atoms with E-state index >= 15 is 0 Å². The zero-order chi connectivity index (χ0) is 22.7. The van der Waals surface area contributed by atoms with Gasteiger partial charge in [-0.25, -0.2) is 4.57 Å². The minimum Gasteiger partial charge on any atom is -0.359 e.